The molecule has 0 amide bonds. The molecule has 1 aromatic heterocycles. The van der Waals surface area contributed by atoms with Crippen LogP contribution in [0.3, 0.4) is 0 Å². The fourth-order valence-electron chi connectivity index (χ4n) is 0.951. The second kappa shape index (κ2) is 5.61. The van der Waals surface area contributed by atoms with Gasteiger partial charge in [-0.05, 0) is 13.0 Å². The zero-order valence-corrected chi connectivity index (χ0v) is 7.68. The zero-order valence-electron chi connectivity index (χ0n) is 7.68. The summed E-state index contributed by atoms with van der Waals surface area (Å²) < 4.78 is 5.11. The topological polar surface area (TPSA) is 55.2 Å². The van der Waals surface area contributed by atoms with Crippen LogP contribution in [0.1, 0.15) is 25.3 Å². The van der Waals surface area contributed by atoms with Gasteiger partial charge in [-0.3, -0.25) is 0 Å². The molecule has 0 spiro atoms. The monoisotopic (exact) mass is 182 g/mol. The number of hydrogen-bond donors (Lipinski definition) is 1. The number of aliphatic hydroxyl groups excluding tert-OH is 1. The first-order valence-electron chi connectivity index (χ1n) is 4.37. The van der Waals surface area contributed by atoms with E-state index in [0.29, 0.717) is 25.5 Å². The lowest BCUT2D eigenvalue weighted by atomic mass is 10.2. The maximum atomic E-state index is 9.54. The van der Waals surface area contributed by atoms with Gasteiger partial charge in [-0.2, -0.15) is 0 Å². The summed E-state index contributed by atoms with van der Waals surface area (Å²) in [5.41, 5.74) is 0. The van der Waals surface area contributed by atoms with Crippen LogP contribution in [0.15, 0.2) is 18.5 Å². The second-order valence-corrected chi connectivity index (χ2v) is 2.61. The van der Waals surface area contributed by atoms with Gasteiger partial charge in [-0.25, -0.2) is 9.97 Å². The number of ether oxygens (including phenoxy) is 1. The van der Waals surface area contributed by atoms with E-state index < -0.39 is 6.10 Å². The van der Waals surface area contributed by atoms with E-state index in [9.17, 15) is 5.11 Å². The van der Waals surface area contributed by atoms with Crippen molar-refractivity contribution in [2.45, 2.75) is 19.4 Å². The molecule has 4 heteroatoms. The maximum absolute atomic E-state index is 9.54. The highest BCUT2D eigenvalue weighted by molar-refractivity contribution is 4.92. The smallest absolute Gasteiger partial charge is 0.156 e. The molecule has 1 unspecified atom stereocenters. The molecular formula is C9H14N2O2. The number of nitrogens with zero attached hydrogens (tertiary/aromatic N) is 2. The molecule has 0 fully saturated rings. The molecule has 0 saturated heterocycles. The van der Waals surface area contributed by atoms with Crippen LogP contribution in [-0.4, -0.2) is 28.3 Å². The van der Waals surface area contributed by atoms with E-state index in [2.05, 4.69) is 9.97 Å². The van der Waals surface area contributed by atoms with Crippen molar-refractivity contribution in [3.8, 4) is 0 Å². The Morgan fingerprint density at radius 1 is 1.46 bits per heavy atom. The van der Waals surface area contributed by atoms with Crippen molar-refractivity contribution < 1.29 is 9.84 Å². The molecule has 0 radical (unpaired) electrons. The number of aliphatic hydroxyl groups is 1. The largest absolute Gasteiger partial charge is 0.385 e. The van der Waals surface area contributed by atoms with Gasteiger partial charge >= 0.3 is 0 Å². The minimum atomic E-state index is -0.618. The van der Waals surface area contributed by atoms with Crippen LogP contribution in [0.2, 0.25) is 0 Å². The maximum Gasteiger partial charge on any atom is 0.156 e. The minimum Gasteiger partial charge on any atom is -0.385 e. The molecule has 1 atom stereocenters. The van der Waals surface area contributed by atoms with Crippen molar-refractivity contribution in [2.75, 3.05) is 13.2 Å². The lowest BCUT2D eigenvalue weighted by Crippen LogP contribution is -2.06. The van der Waals surface area contributed by atoms with Gasteiger partial charge in [0.05, 0.1) is 0 Å². The molecule has 1 aromatic rings. The minimum absolute atomic E-state index is 0.460. The highest BCUT2D eigenvalue weighted by Crippen LogP contribution is 2.09. The average molecular weight is 182 g/mol. The number of rotatable bonds is 5. The Hall–Kier alpha value is -1.00. The summed E-state index contributed by atoms with van der Waals surface area (Å²) in [4.78, 5) is 7.88. The molecule has 72 valence electrons. The van der Waals surface area contributed by atoms with Crippen molar-refractivity contribution in [3.63, 3.8) is 0 Å². The van der Waals surface area contributed by atoms with Gasteiger partial charge in [-0.1, -0.05) is 0 Å². The zero-order chi connectivity index (χ0) is 9.52. The second-order valence-electron chi connectivity index (χ2n) is 2.61. The summed E-state index contributed by atoms with van der Waals surface area (Å²) in [5.74, 6) is 0.460. The van der Waals surface area contributed by atoms with Crippen molar-refractivity contribution in [2.24, 2.45) is 0 Å². The van der Waals surface area contributed by atoms with Gasteiger partial charge in [-0.15, -0.1) is 0 Å². The van der Waals surface area contributed by atoms with Gasteiger partial charge in [0.1, 0.15) is 6.10 Å². The van der Waals surface area contributed by atoms with E-state index in [4.69, 9.17) is 4.74 Å². The summed E-state index contributed by atoms with van der Waals surface area (Å²) in [6.07, 6.45) is 3.16. The Balaban J connectivity index is 2.35. The van der Waals surface area contributed by atoms with E-state index in [1.807, 2.05) is 6.92 Å². The Morgan fingerprint density at radius 3 is 2.77 bits per heavy atom. The highest BCUT2D eigenvalue weighted by Gasteiger charge is 2.08. The number of hydrogen-bond acceptors (Lipinski definition) is 4. The Kier molecular flexibility index (Phi) is 4.35. The van der Waals surface area contributed by atoms with Crippen molar-refractivity contribution in [3.05, 3.63) is 24.3 Å². The molecule has 0 saturated carbocycles. The van der Waals surface area contributed by atoms with E-state index in [1.165, 1.54) is 0 Å². The first kappa shape index (κ1) is 10.1. The first-order chi connectivity index (χ1) is 6.34. The number of aromatic nitrogens is 2. The van der Waals surface area contributed by atoms with Crippen molar-refractivity contribution in [1.82, 2.24) is 9.97 Å². The Labute approximate surface area is 77.6 Å². The molecule has 0 bridgehead atoms. The highest BCUT2D eigenvalue weighted by atomic mass is 16.5. The fourth-order valence-corrected chi connectivity index (χ4v) is 0.951. The summed E-state index contributed by atoms with van der Waals surface area (Å²) in [7, 11) is 0. The molecule has 1 N–H and O–H groups in total. The fraction of sp³-hybridized carbons (Fsp3) is 0.556. The quantitative estimate of drug-likeness (QED) is 0.688. The van der Waals surface area contributed by atoms with Crippen LogP contribution in [-0.2, 0) is 4.74 Å². The lowest BCUT2D eigenvalue weighted by molar-refractivity contribution is 0.0843. The molecule has 0 aromatic carbocycles. The average Bonchev–Trinajstić information content (AvgIpc) is 2.19. The summed E-state index contributed by atoms with van der Waals surface area (Å²) in [5, 5.41) is 9.54. The predicted molar refractivity (Wildman–Crippen MR) is 48.1 cm³/mol. The normalized spacial score (nSPS) is 12.8. The molecule has 0 aliphatic carbocycles. The van der Waals surface area contributed by atoms with Crippen LogP contribution in [0.4, 0.5) is 0 Å². The molecule has 4 nitrogen and oxygen atoms in total. The van der Waals surface area contributed by atoms with Crippen LogP contribution in [0.25, 0.3) is 0 Å². The third kappa shape index (κ3) is 3.48. The Bertz CT molecular complexity index is 228. The first-order valence-corrected chi connectivity index (χ1v) is 4.37. The SMILES string of the molecule is CCOCCC(O)c1ncccn1. The van der Waals surface area contributed by atoms with Crippen molar-refractivity contribution in [1.29, 1.82) is 0 Å². The van der Waals surface area contributed by atoms with Gasteiger partial charge in [0.2, 0.25) is 0 Å². The van der Waals surface area contributed by atoms with E-state index >= 15 is 0 Å². The van der Waals surface area contributed by atoms with Crippen LogP contribution in [0.5, 0.6) is 0 Å². The standard InChI is InChI=1S/C9H14N2O2/c1-2-13-7-4-8(12)9-10-5-3-6-11-9/h3,5-6,8,12H,2,4,7H2,1H3. The summed E-state index contributed by atoms with van der Waals surface area (Å²) in [6, 6.07) is 1.72. The van der Waals surface area contributed by atoms with E-state index in [0.717, 1.165) is 0 Å². The third-order valence-electron chi connectivity index (χ3n) is 1.62. The molecule has 1 rings (SSSR count). The summed E-state index contributed by atoms with van der Waals surface area (Å²) >= 11 is 0. The van der Waals surface area contributed by atoms with Crippen LogP contribution < -0.4 is 0 Å². The van der Waals surface area contributed by atoms with Crippen LogP contribution in [0, 0.1) is 0 Å². The molecule has 1 heterocycles. The lowest BCUT2D eigenvalue weighted by Gasteiger charge is -2.07. The molecule has 0 aliphatic rings. The van der Waals surface area contributed by atoms with Crippen LogP contribution >= 0.6 is 0 Å². The predicted octanol–water partition coefficient (Wildman–Crippen LogP) is 0.937. The van der Waals surface area contributed by atoms with Gasteiger partial charge in [0.25, 0.3) is 0 Å². The van der Waals surface area contributed by atoms with Gasteiger partial charge in [0, 0.05) is 32.0 Å². The third-order valence-corrected chi connectivity index (χ3v) is 1.62. The van der Waals surface area contributed by atoms with Gasteiger partial charge in [0.15, 0.2) is 5.82 Å². The van der Waals surface area contributed by atoms with E-state index in [1.54, 1.807) is 18.5 Å². The molecular weight excluding hydrogens is 168 g/mol. The Morgan fingerprint density at radius 2 is 2.15 bits per heavy atom. The van der Waals surface area contributed by atoms with Gasteiger partial charge < -0.3 is 9.84 Å². The molecule has 0 aliphatic heterocycles. The van der Waals surface area contributed by atoms with E-state index in [-0.39, 0.29) is 0 Å². The van der Waals surface area contributed by atoms with Crippen molar-refractivity contribution >= 4 is 0 Å². The molecule has 13 heavy (non-hydrogen) atoms. The summed E-state index contributed by atoms with van der Waals surface area (Å²) in [6.45, 7) is 3.13.